The second-order valence-electron chi connectivity index (χ2n) is 5.72. The third-order valence-electron chi connectivity index (χ3n) is 3.78. The normalized spacial score (nSPS) is 13.4. The minimum atomic E-state index is -0.372. The van der Waals surface area contributed by atoms with E-state index in [0.29, 0.717) is 24.3 Å². The molecule has 1 saturated carbocycles. The van der Waals surface area contributed by atoms with Crippen LogP contribution in [-0.4, -0.2) is 18.5 Å². The van der Waals surface area contributed by atoms with E-state index in [4.69, 9.17) is 4.74 Å². The number of carbonyl (C=O) groups is 2. The summed E-state index contributed by atoms with van der Waals surface area (Å²) in [5.41, 5.74) is 2.22. The van der Waals surface area contributed by atoms with Crippen molar-refractivity contribution in [2.45, 2.75) is 19.3 Å². The third kappa shape index (κ3) is 4.42. The Bertz CT molecular complexity index is 693. The largest absolute Gasteiger partial charge is 0.462 e. The van der Waals surface area contributed by atoms with Crippen molar-refractivity contribution in [3.8, 4) is 0 Å². The van der Waals surface area contributed by atoms with Crippen molar-refractivity contribution in [1.82, 2.24) is 0 Å². The highest BCUT2D eigenvalue weighted by molar-refractivity contribution is 5.96. The molecular weight excluding hydrogens is 290 g/mol. The maximum atomic E-state index is 12.1. The summed E-state index contributed by atoms with van der Waals surface area (Å²) in [6.45, 7) is 0.335. The molecule has 2 aromatic rings. The predicted molar refractivity (Wildman–Crippen MR) is 88.2 cm³/mol. The van der Waals surface area contributed by atoms with Crippen LogP contribution < -0.4 is 5.32 Å². The van der Waals surface area contributed by atoms with Crippen LogP contribution in [-0.2, 0) is 16.0 Å². The smallest absolute Gasteiger partial charge is 0.338 e. The summed E-state index contributed by atoms with van der Waals surface area (Å²) in [6, 6.07) is 16.8. The van der Waals surface area contributed by atoms with Gasteiger partial charge in [-0.15, -0.1) is 0 Å². The SMILES string of the molecule is O=C(OCCc1ccccc1)c1cccc(NC(=O)C2CC2)c1. The molecule has 1 aliphatic carbocycles. The van der Waals surface area contributed by atoms with E-state index in [1.54, 1.807) is 24.3 Å². The van der Waals surface area contributed by atoms with Crippen LogP contribution >= 0.6 is 0 Å². The quantitative estimate of drug-likeness (QED) is 0.832. The first kappa shape index (κ1) is 15.3. The summed E-state index contributed by atoms with van der Waals surface area (Å²) in [5, 5.41) is 2.83. The van der Waals surface area contributed by atoms with E-state index in [1.165, 1.54) is 0 Å². The lowest BCUT2D eigenvalue weighted by atomic mass is 10.1. The zero-order valence-electron chi connectivity index (χ0n) is 12.8. The molecule has 0 unspecified atom stereocenters. The van der Waals surface area contributed by atoms with Gasteiger partial charge in [0.15, 0.2) is 0 Å². The van der Waals surface area contributed by atoms with Crippen LogP contribution in [0.25, 0.3) is 0 Å². The summed E-state index contributed by atoms with van der Waals surface area (Å²) in [6.07, 6.45) is 2.59. The lowest BCUT2D eigenvalue weighted by molar-refractivity contribution is -0.117. The molecule has 0 saturated heterocycles. The Kier molecular flexibility index (Phi) is 4.71. The molecule has 1 amide bonds. The Morgan fingerprint density at radius 2 is 1.83 bits per heavy atom. The number of esters is 1. The van der Waals surface area contributed by atoms with Crippen LogP contribution in [0.4, 0.5) is 5.69 Å². The lowest BCUT2D eigenvalue weighted by Gasteiger charge is -2.08. The molecule has 4 heteroatoms. The molecular formula is C19H19NO3. The van der Waals surface area contributed by atoms with Gasteiger partial charge >= 0.3 is 5.97 Å². The number of hydrogen-bond donors (Lipinski definition) is 1. The molecule has 0 spiro atoms. The lowest BCUT2D eigenvalue weighted by Crippen LogP contribution is -2.14. The number of hydrogen-bond acceptors (Lipinski definition) is 3. The Hall–Kier alpha value is -2.62. The van der Waals surface area contributed by atoms with Crippen molar-refractivity contribution >= 4 is 17.6 Å². The van der Waals surface area contributed by atoms with Gasteiger partial charge in [0.25, 0.3) is 0 Å². The molecule has 0 heterocycles. The molecule has 0 radical (unpaired) electrons. The summed E-state index contributed by atoms with van der Waals surface area (Å²) in [5.74, 6) is -0.209. The molecule has 0 aliphatic heterocycles. The third-order valence-corrected chi connectivity index (χ3v) is 3.78. The van der Waals surface area contributed by atoms with Gasteiger partial charge in [-0.05, 0) is 36.6 Å². The van der Waals surface area contributed by atoms with E-state index >= 15 is 0 Å². The van der Waals surface area contributed by atoms with Crippen molar-refractivity contribution in [3.05, 3.63) is 65.7 Å². The van der Waals surface area contributed by atoms with E-state index < -0.39 is 0 Å². The maximum absolute atomic E-state index is 12.1. The molecule has 1 fully saturated rings. The zero-order valence-corrected chi connectivity index (χ0v) is 12.8. The van der Waals surface area contributed by atoms with E-state index in [1.807, 2.05) is 30.3 Å². The number of benzene rings is 2. The summed E-state index contributed by atoms with van der Waals surface area (Å²) in [4.78, 5) is 23.8. The highest BCUT2D eigenvalue weighted by Gasteiger charge is 2.29. The Labute approximate surface area is 135 Å². The van der Waals surface area contributed by atoms with Gasteiger partial charge in [0.1, 0.15) is 0 Å². The Morgan fingerprint density at radius 3 is 2.57 bits per heavy atom. The molecule has 0 aromatic heterocycles. The average molecular weight is 309 g/mol. The monoisotopic (exact) mass is 309 g/mol. The van der Waals surface area contributed by atoms with Crippen molar-refractivity contribution in [2.24, 2.45) is 5.92 Å². The Morgan fingerprint density at radius 1 is 1.04 bits per heavy atom. The van der Waals surface area contributed by atoms with Gasteiger partial charge in [-0.1, -0.05) is 36.4 Å². The first-order valence-electron chi connectivity index (χ1n) is 7.84. The highest BCUT2D eigenvalue weighted by Crippen LogP contribution is 2.30. The van der Waals surface area contributed by atoms with E-state index in [0.717, 1.165) is 18.4 Å². The number of rotatable bonds is 6. The standard InChI is InChI=1S/C19H19NO3/c21-18(15-9-10-15)20-17-8-4-7-16(13-17)19(22)23-12-11-14-5-2-1-3-6-14/h1-8,13,15H,9-12H2,(H,20,21). The number of nitrogens with one attached hydrogen (secondary N) is 1. The zero-order chi connectivity index (χ0) is 16.1. The summed E-state index contributed by atoms with van der Waals surface area (Å²) >= 11 is 0. The summed E-state index contributed by atoms with van der Waals surface area (Å²) in [7, 11) is 0. The first-order chi connectivity index (χ1) is 11.2. The van der Waals surface area contributed by atoms with Gasteiger partial charge in [-0.25, -0.2) is 4.79 Å². The van der Waals surface area contributed by atoms with Gasteiger partial charge < -0.3 is 10.1 Å². The molecule has 118 valence electrons. The fourth-order valence-corrected chi connectivity index (χ4v) is 2.30. The molecule has 23 heavy (non-hydrogen) atoms. The molecule has 2 aromatic carbocycles. The number of amides is 1. The van der Waals surface area contributed by atoms with Crippen molar-refractivity contribution in [1.29, 1.82) is 0 Å². The van der Waals surface area contributed by atoms with Crippen LogP contribution in [0, 0.1) is 5.92 Å². The second kappa shape index (κ2) is 7.09. The van der Waals surface area contributed by atoms with Gasteiger partial charge in [-0.3, -0.25) is 4.79 Å². The van der Waals surface area contributed by atoms with Crippen LogP contribution in [0.5, 0.6) is 0 Å². The molecule has 1 N–H and O–H groups in total. The van der Waals surface area contributed by atoms with Crippen LogP contribution in [0.1, 0.15) is 28.8 Å². The van der Waals surface area contributed by atoms with E-state index in [-0.39, 0.29) is 17.8 Å². The van der Waals surface area contributed by atoms with Gasteiger partial charge in [0.05, 0.1) is 12.2 Å². The average Bonchev–Trinajstić information content (AvgIpc) is 3.41. The minimum Gasteiger partial charge on any atom is -0.462 e. The molecule has 0 atom stereocenters. The molecule has 4 nitrogen and oxygen atoms in total. The number of carbonyl (C=O) groups excluding carboxylic acids is 2. The number of ether oxygens (including phenoxy) is 1. The predicted octanol–water partition coefficient (Wildman–Crippen LogP) is 3.43. The molecule has 1 aliphatic rings. The first-order valence-corrected chi connectivity index (χ1v) is 7.84. The second-order valence-corrected chi connectivity index (χ2v) is 5.72. The highest BCUT2D eigenvalue weighted by atomic mass is 16.5. The number of anilines is 1. The van der Waals surface area contributed by atoms with Crippen LogP contribution in [0.15, 0.2) is 54.6 Å². The van der Waals surface area contributed by atoms with Gasteiger partial charge in [0.2, 0.25) is 5.91 Å². The van der Waals surface area contributed by atoms with Gasteiger partial charge in [-0.2, -0.15) is 0 Å². The molecule has 3 rings (SSSR count). The van der Waals surface area contributed by atoms with E-state index in [2.05, 4.69) is 5.32 Å². The fraction of sp³-hybridized carbons (Fsp3) is 0.263. The topological polar surface area (TPSA) is 55.4 Å². The van der Waals surface area contributed by atoms with Crippen molar-refractivity contribution in [2.75, 3.05) is 11.9 Å². The van der Waals surface area contributed by atoms with Crippen LogP contribution in [0.3, 0.4) is 0 Å². The van der Waals surface area contributed by atoms with Gasteiger partial charge in [0, 0.05) is 18.0 Å². The van der Waals surface area contributed by atoms with Crippen molar-refractivity contribution in [3.63, 3.8) is 0 Å². The Balaban J connectivity index is 1.53. The minimum absolute atomic E-state index is 0.0274. The van der Waals surface area contributed by atoms with Crippen molar-refractivity contribution < 1.29 is 14.3 Å². The molecule has 0 bridgehead atoms. The fourth-order valence-electron chi connectivity index (χ4n) is 2.30. The van der Waals surface area contributed by atoms with E-state index in [9.17, 15) is 9.59 Å². The van der Waals surface area contributed by atoms with Crippen LogP contribution in [0.2, 0.25) is 0 Å². The maximum Gasteiger partial charge on any atom is 0.338 e. The summed E-state index contributed by atoms with van der Waals surface area (Å²) < 4.78 is 5.30.